The lowest BCUT2D eigenvalue weighted by Crippen LogP contribution is -2.16. The van der Waals surface area contributed by atoms with Crippen molar-refractivity contribution >= 4 is 35.6 Å². The van der Waals surface area contributed by atoms with E-state index in [9.17, 15) is 0 Å². The first-order valence-electron chi connectivity index (χ1n) is 5.56. The van der Waals surface area contributed by atoms with E-state index in [1.807, 2.05) is 12.1 Å². The van der Waals surface area contributed by atoms with Gasteiger partial charge in [-0.1, -0.05) is 23.2 Å². The van der Waals surface area contributed by atoms with Gasteiger partial charge in [-0.25, -0.2) is 0 Å². The van der Waals surface area contributed by atoms with Gasteiger partial charge in [0.1, 0.15) is 11.5 Å². The molecule has 1 aromatic carbocycles. The fraction of sp³-hybridized carbons (Fsp3) is 0.231. The molecule has 0 aliphatic rings. The highest BCUT2D eigenvalue weighted by atomic mass is 35.5. The smallest absolute Gasteiger partial charge is 0.135 e. The maximum absolute atomic E-state index is 8.67. The average molecular weight is 323 g/mol. The van der Waals surface area contributed by atoms with Gasteiger partial charge in [0.25, 0.3) is 0 Å². The third-order valence-electron chi connectivity index (χ3n) is 2.44. The Labute approximate surface area is 127 Å². The van der Waals surface area contributed by atoms with Gasteiger partial charge in [0.05, 0.1) is 18.2 Å². The molecular weight excluding hydrogens is 309 g/mol. The Morgan fingerprint density at radius 1 is 1.16 bits per heavy atom. The molecule has 1 aromatic heterocycles. The number of rotatable bonds is 5. The van der Waals surface area contributed by atoms with Crippen LogP contribution in [0.4, 0.5) is 0 Å². The van der Waals surface area contributed by atoms with Gasteiger partial charge >= 0.3 is 0 Å². The zero-order valence-corrected chi connectivity index (χ0v) is 12.4. The molecule has 1 heterocycles. The topological polar surface area (TPSA) is 45.4 Å². The van der Waals surface area contributed by atoms with Crippen LogP contribution in [0.3, 0.4) is 0 Å². The van der Waals surface area contributed by atoms with E-state index in [1.54, 1.807) is 18.2 Å². The molecule has 6 heteroatoms. The minimum Gasteiger partial charge on any atom is -0.460 e. The van der Waals surface area contributed by atoms with Crippen molar-refractivity contribution in [1.29, 1.82) is 0 Å². The number of aliphatic hydroxyl groups is 1. The molecule has 0 spiro atoms. The Hall–Kier alpha value is -0.710. The maximum Gasteiger partial charge on any atom is 0.135 e. The van der Waals surface area contributed by atoms with Crippen LogP contribution in [0.25, 0.3) is 11.3 Å². The van der Waals surface area contributed by atoms with Gasteiger partial charge in [0.15, 0.2) is 0 Å². The number of furan rings is 1. The Morgan fingerprint density at radius 2 is 1.95 bits per heavy atom. The Kier molecular flexibility index (Phi) is 6.69. The van der Waals surface area contributed by atoms with Crippen LogP contribution in [0, 0.1) is 0 Å². The number of aliphatic hydroxyl groups excluding tert-OH is 1. The molecule has 2 N–H and O–H groups in total. The average Bonchev–Trinajstić information content (AvgIpc) is 2.81. The highest BCUT2D eigenvalue weighted by Crippen LogP contribution is 2.31. The van der Waals surface area contributed by atoms with Crippen LogP contribution in [0.2, 0.25) is 10.0 Å². The molecule has 0 fully saturated rings. The third kappa shape index (κ3) is 4.41. The highest BCUT2D eigenvalue weighted by molar-refractivity contribution is 6.35. The van der Waals surface area contributed by atoms with Gasteiger partial charge in [-0.3, -0.25) is 0 Å². The lowest BCUT2D eigenvalue weighted by atomic mass is 10.2. The van der Waals surface area contributed by atoms with Gasteiger partial charge in [-0.15, -0.1) is 12.4 Å². The van der Waals surface area contributed by atoms with Crippen molar-refractivity contribution in [3.63, 3.8) is 0 Å². The minimum atomic E-state index is 0. The van der Waals surface area contributed by atoms with E-state index in [-0.39, 0.29) is 19.0 Å². The zero-order valence-electron chi connectivity index (χ0n) is 10.0. The summed E-state index contributed by atoms with van der Waals surface area (Å²) in [6.07, 6.45) is 0. The van der Waals surface area contributed by atoms with E-state index >= 15 is 0 Å². The molecule has 0 bridgehead atoms. The summed E-state index contributed by atoms with van der Waals surface area (Å²) < 4.78 is 5.66. The second-order valence-corrected chi connectivity index (χ2v) is 4.63. The van der Waals surface area contributed by atoms with Gasteiger partial charge in [-0.05, 0) is 30.3 Å². The van der Waals surface area contributed by atoms with E-state index in [2.05, 4.69) is 5.32 Å². The first-order chi connectivity index (χ1) is 8.70. The predicted octanol–water partition coefficient (Wildman–Crippen LogP) is 3.76. The summed E-state index contributed by atoms with van der Waals surface area (Å²) >= 11 is 12.0. The predicted molar refractivity (Wildman–Crippen MR) is 80.2 cm³/mol. The highest BCUT2D eigenvalue weighted by Gasteiger charge is 2.09. The van der Waals surface area contributed by atoms with Crippen LogP contribution in [0.5, 0.6) is 0 Å². The fourth-order valence-electron chi connectivity index (χ4n) is 1.59. The van der Waals surface area contributed by atoms with E-state index in [4.69, 9.17) is 32.7 Å². The standard InChI is InChI=1S/C13H13Cl2NO2.ClH/c14-9-1-3-12(15)11(7-9)13-4-2-10(18-13)8-16-5-6-17;/h1-4,7,16-17H,5-6,8H2;1H. The molecular formula is C13H14Cl3NO2. The van der Waals surface area contributed by atoms with Crippen LogP contribution in [-0.2, 0) is 6.54 Å². The second-order valence-electron chi connectivity index (χ2n) is 3.79. The first kappa shape index (κ1) is 16.3. The summed E-state index contributed by atoms with van der Waals surface area (Å²) in [4.78, 5) is 0. The number of halogens is 3. The molecule has 0 unspecified atom stereocenters. The van der Waals surface area contributed by atoms with Crippen molar-refractivity contribution in [2.45, 2.75) is 6.54 Å². The van der Waals surface area contributed by atoms with Crippen molar-refractivity contribution in [3.05, 3.63) is 46.1 Å². The summed E-state index contributed by atoms with van der Waals surface area (Å²) in [5, 5.41) is 12.9. The van der Waals surface area contributed by atoms with Crippen molar-refractivity contribution in [2.75, 3.05) is 13.2 Å². The monoisotopic (exact) mass is 321 g/mol. The number of benzene rings is 1. The molecule has 0 aliphatic carbocycles. The summed E-state index contributed by atoms with van der Waals surface area (Å²) in [6.45, 7) is 1.21. The lowest BCUT2D eigenvalue weighted by molar-refractivity contribution is 0.290. The largest absolute Gasteiger partial charge is 0.460 e. The number of nitrogens with one attached hydrogen (secondary N) is 1. The number of hydrogen-bond acceptors (Lipinski definition) is 3. The summed E-state index contributed by atoms with van der Waals surface area (Å²) in [5.74, 6) is 1.47. The quantitative estimate of drug-likeness (QED) is 0.824. The van der Waals surface area contributed by atoms with Crippen molar-refractivity contribution in [1.82, 2.24) is 5.32 Å². The first-order valence-corrected chi connectivity index (χ1v) is 6.32. The molecule has 2 rings (SSSR count). The summed E-state index contributed by atoms with van der Waals surface area (Å²) in [6, 6.07) is 8.98. The summed E-state index contributed by atoms with van der Waals surface area (Å²) in [7, 11) is 0. The van der Waals surface area contributed by atoms with E-state index < -0.39 is 0 Å². The molecule has 0 amide bonds. The van der Waals surface area contributed by atoms with Gasteiger partial charge in [0.2, 0.25) is 0 Å². The van der Waals surface area contributed by atoms with Crippen LogP contribution in [0.15, 0.2) is 34.7 Å². The lowest BCUT2D eigenvalue weighted by Gasteiger charge is -2.02. The van der Waals surface area contributed by atoms with Crippen molar-refractivity contribution < 1.29 is 9.52 Å². The normalized spacial score (nSPS) is 10.3. The van der Waals surface area contributed by atoms with Crippen LogP contribution in [0.1, 0.15) is 5.76 Å². The van der Waals surface area contributed by atoms with Gasteiger partial charge in [0, 0.05) is 17.1 Å². The molecule has 0 atom stereocenters. The number of hydrogen-bond donors (Lipinski definition) is 2. The zero-order chi connectivity index (χ0) is 13.0. The third-order valence-corrected chi connectivity index (χ3v) is 3.01. The molecule has 0 radical (unpaired) electrons. The SMILES string of the molecule is Cl.OCCNCc1ccc(-c2cc(Cl)ccc2Cl)o1. The van der Waals surface area contributed by atoms with E-state index in [0.29, 0.717) is 28.9 Å². The van der Waals surface area contributed by atoms with Crippen LogP contribution >= 0.6 is 35.6 Å². The molecule has 104 valence electrons. The molecule has 19 heavy (non-hydrogen) atoms. The molecule has 2 aromatic rings. The molecule has 3 nitrogen and oxygen atoms in total. The fourth-order valence-corrected chi connectivity index (χ4v) is 1.98. The summed E-state index contributed by atoms with van der Waals surface area (Å²) in [5.41, 5.74) is 0.776. The van der Waals surface area contributed by atoms with Gasteiger partial charge in [-0.2, -0.15) is 0 Å². The van der Waals surface area contributed by atoms with Gasteiger partial charge < -0.3 is 14.8 Å². The minimum absolute atomic E-state index is 0. The second kappa shape index (κ2) is 7.78. The van der Waals surface area contributed by atoms with Crippen molar-refractivity contribution in [3.8, 4) is 11.3 Å². The van der Waals surface area contributed by atoms with Crippen LogP contribution in [-0.4, -0.2) is 18.3 Å². The Balaban J connectivity index is 0.00000180. The van der Waals surface area contributed by atoms with Crippen LogP contribution < -0.4 is 5.32 Å². The maximum atomic E-state index is 8.67. The molecule has 0 saturated heterocycles. The Morgan fingerprint density at radius 3 is 2.68 bits per heavy atom. The Bertz CT molecular complexity index is 528. The molecule has 0 aliphatic heterocycles. The van der Waals surface area contributed by atoms with E-state index in [0.717, 1.165) is 11.3 Å². The van der Waals surface area contributed by atoms with E-state index in [1.165, 1.54) is 0 Å². The molecule has 0 saturated carbocycles. The van der Waals surface area contributed by atoms with Crippen molar-refractivity contribution in [2.24, 2.45) is 0 Å².